The van der Waals surface area contributed by atoms with Gasteiger partial charge in [0.1, 0.15) is 11.3 Å². The monoisotopic (exact) mass is 416 g/mol. The lowest BCUT2D eigenvalue weighted by Gasteiger charge is -2.30. The molecule has 1 aliphatic heterocycles. The normalized spacial score (nSPS) is 18.1. The van der Waals surface area contributed by atoms with E-state index in [1.165, 1.54) is 0 Å². The maximum absolute atomic E-state index is 12.7. The molecule has 1 saturated heterocycles. The zero-order valence-electron chi connectivity index (χ0n) is 18.3. The molecule has 0 bridgehead atoms. The van der Waals surface area contributed by atoms with Gasteiger partial charge in [-0.05, 0) is 50.4 Å². The molecule has 1 aromatic carbocycles. The molecule has 1 heterocycles. The van der Waals surface area contributed by atoms with Crippen LogP contribution in [0.5, 0.6) is 5.75 Å². The van der Waals surface area contributed by atoms with Gasteiger partial charge in [0, 0.05) is 19.5 Å². The first-order valence-corrected chi connectivity index (χ1v) is 10.5. The number of aryl methyl sites for hydroxylation is 2. The second-order valence-corrected chi connectivity index (χ2v) is 8.50. The molecular weight excluding hydrogens is 384 g/mol. The van der Waals surface area contributed by atoms with E-state index >= 15 is 0 Å². The number of carbonyl (C=O) groups excluding carboxylic acids is 3. The van der Waals surface area contributed by atoms with Gasteiger partial charge in [-0.3, -0.25) is 15.0 Å². The van der Waals surface area contributed by atoms with Crippen molar-refractivity contribution in [3.8, 4) is 5.75 Å². The van der Waals surface area contributed by atoms with Crippen LogP contribution in [-0.4, -0.2) is 54.0 Å². The zero-order chi connectivity index (χ0) is 21.9. The summed E-state index contributed by atoms with van der Waals surface area (Å²) in [4.78, 5) is 39.4. The summed E-state index contributed by atoms with van der Waals surface area (Å²) in [6.45, 7) is 5.22. The largest absolute Gasteiger partial charge is 0.496 e. The van der Waals surface area contributed by atoms with Gasteiger partial charge in [-0.1, -0.05) is 31.4 Å². The molecule has 164 valence electrons. The molecule has 3 rings (SSSR count). The molecule has 0 aromatic heterocycles. The highest BCUT2D eigenvalue weighted by molar-refractivity contribution is 6.08. The number of ether oxygens (including phenoxy) is 1. The lowest BCUT2D eigenvalue weighted by Crippen LogP contribution is -2.51. The quantitative estimate of drug-likeness (QED) is 0.666. The number of urea groups is 1. The first kappa shape index (κ1) is 22.1. The molecule has 1 aliphatic carbocycles. The van der Waals surface area contributed by atoms with Crippen LogP contribution in [0.2, 0.25) is 0 Å². The number of rotatable bonds is 7. The van der Waals surface area contributed by atoms with E-state index in [0.29, 0.717) is 25.9 Å². The van der Waals surface area contributed by atoms with Gasteiger partial charge in [-0.2, -0.15) is 5.01 Å². The molecule has 0 atom stereocenters. The summed E-state index contributed by atoms with van der Waals surface area (Å²) in [6, 6.07) is 3.63. The number of hydrogen-bond donors (Lipinski definition) is 2. The predicted octanol–water partition coefficient (Wildman–Crippen LogP) is 2.42. The molecule has 1 spiro atoms. The van der Waals surface area contributed by atoms with Crippen LogP contribution in [0.1, 0.15) is 55.2 Å². The van der Waals surface area contributed by atoms with Crippen LogP contribution in [0.3, 0.4) is 0 Å². The summed E-state index contributed by atoms with van der Waals surface area (Å²) in [7, 11) is 3.61. The number of hydrazine groups is 1. The van der Waals surface area contributed by atoms with E-state index in [1.807, 2.05) is 25.8 Å². The Labute approximate surface area is 177 Å². The summed E-state index contributed by atoms with van der Waals surface area (Å²) in [6.07, 6.45) is 4.33. The second-order valence-electron chi connectivity index (χ2n) is 8.50. The minimum atomic E-state index is -0.830. The van der Waals surface area contributed by atoms with E-state index in [2.05, 4.69) is 22.9 Å². The van der Waals surface area contributed by atoms with Crippen molar-refractivity contribution >= 4 is 17.8 Å². The van der Waals surface area contributed by atoms with Gasteiger partial charge in [-0.25, -0.2) is 4.79 Å². The number of carbonyl (C=O) groups is 3. The number of amides is 4. The molecule has 8 heteroatoms. The molecule has 30 heavy (non-hydrogen) atoms. The van der Waals surface area contributed by atoms with E-state index in [9.17, 15) is 14.4 Å². The first-order valence-electron chi connectivity index (χ1n) is 10.5. The minimum Gasteiger partial charge on any atom is -0.496 e. The number of nitrogens with one attached hydrogen (secondary N) is 2. The first-order chi connectivity index (χ1) is 14.3. The standard InChI is InChI=1S/C22H32N4O4/c1-15-12-17(13-16(2)19(15)30-4)14-25(3)11-8-18(27)24-26-20(28)22(23-21(26)29)9-6-5-7-10-22/h12-13H,5-11,14H2,1-4H3,(H,23,29)(H,24,27). The van der Waals surface area contributed by atoms with Gasteiger partial charge in [0.05, 0.1) is 7.11 Å². The van der Waals surface area contributed by atoms with E-state index < -0.39 is 11.6 Å². The van der Waals surface area contributed by atoms with E-state index in [1.54, 1.807) is 7.11 Å². The molecule has 8 nitrogen and oxygen atoms in total. The second kappa shape index (κ2) is 9.04. The Morgan fingerprint density at radius 3 is 2.43 bits per heavy atom. The van der Waals surface area contributed by atoms with Crippen LogP contribution in [0.25, 0.3) is 0 Å². The van der Waals surface area contributed by atoms with Gasteiger partial charge in [-0.15, -0.1) is 0 Å². The summed E-state index contributed by atoms with van der Waals surface area (Å²) in [5.74, 6) is 0.212. The van der Waals surface area contributed by atoms with E-state index in [4.69, 9.17) is 4.74 Å². The molecular formula is C22H32N4O4. The number of imide groups is 1. The van der Waals surface area contributed by atoms with Crippen LogP contribution in [-0.2, 0) is 16.1 Å². The summed E-state index contributed by atoms with van der Waals surface area (Å²) >= 11 is 0. The fourth-order valence-corrected chi connectivity index (χ4v) is 4.53. The van der Waals surface area contributed by atoms with Crippen molar-refractivity contribution in [2.24, 2.45) is 0 Å². The number of benzene rings is 1. The van der Waals surface area contributed by atoms with Crippen LogP contribution in [0, 0.1) is 13.8 Å². The van der Waals surface area contributed by atoms with Gasteiger partial charge in [0.25, 0.3) is 5.91 Å². The predicted molar refractivity (Wildman–Crippen MR) is 113 cm³/mol. The third-order valence-electron chi connectivity index (χ3n) is 6.00. The summed E-state index contributed by atoms with van der Waals surface area (Å²) < 4.78 is 5.41. The molecule has 2 N–H and O–H groups in total. The van der Waals surface area contributed by atoms with Crippen molar-refractivity contribution < 1.29 is 19.1 Å². The number of methoxy groups -OCH3 is 1. The lowest BCUT2D eigenvalue weighted by atomic mass is 9.82. The highest BCUT2D eigenvalue weighted by Crippen LogP contribution is 2.33. The Balaban J connectivity index is 1.51. The minimum absolute atomic E-state index is 0.189. The highest BCUT2D eigenvalue weighted by Gasteiger charge is 2.52. The van der Waals surface area contributed by atoms with Crippen LogP contribution < -0.4 is 15.5 Å². The van der Waals surface area contributed by atoms with Crippen molar-refractivity contribution in [1.82, 2.24) is 20.7 Å². The van der Waals surface area contributed by atoms with Gasteiger partial charge in [0.2, 0.25) is 5.91 Å². The maximum atomic E-state index is 12.7. The molecule has 0 radical (unpaired) electrons. The van der Waals surface area contributed by atoms with Crippen molar-refractivity contribution in [2.75, 3.05) is 20.7 Å². The number of hydrogen-bond acceptors (Lipinski definition) is 5. The van der Waals surface area contributed by atoms with Crippen molar-refractivity contribution in [3.63, 3.8) is 0 Å². The molecule has 2 aliphatic rings. The number of nitrogens with zero attached hydrogens (tertiary/aromatic N) is 2. The third-order valence-corrected chi connectivity index (χ3v) is 6.00. The zero-order valence-corrected chi connectivity index (χ0v) is 18.3. The van der Waals surface area contributed by atoms with Crippen molar-refractivity contribution in [1.29, 1.82) is 0 Å². The molecule has 0 unspecified atom stereocenters. The molecule has 2 fully saturated rings. The summed E-state index contributed by atoms with van der Waals surface area (Å²) in [5.41, 5.74) is 4.96. The average Bonchev–Trinajstić information content (AvgIpc) is 2.91. The summed E-state index contributed by atoms with van der Waals surface area (Å²) in [5, 5.41) is 3.66. The van der Waals surface area contributed by atoms with Crippen LogP contribution >= 0.6 is 0 Å². The third kappa shape index (κ3) is 4.59. The molecule has 1 saturated carbocycles. The Hall–Kier alpha value is -2.61. The van der Waals surface area contributed by atoms with Gasteiger partial charge < -0.3 is 15.0 Å². The molecule has 4 amide bonds. The van der Waals surface area contributed by atoms with E-state index in [0.717, 1.165) is 46.7 Å². The van der Waals surface area contributed by atoms with Crippen molar-refractivity contribution in [2.45, 2.75) is 64.5 Å². The van der Waals surface area contributed by atoms with Gasteiger partial charge in [0.15, 0.2) is 0 Å². The average molecular weight is 417 g/mol. The Morgan fingerprint density at radius 2 is 1.83 bits per heavy atom. The Bertz CT molecular complexity index is 809. The highest BCUT2D eigenvalue weighted by atomic mass is 16.5. The smallest absolute Gasteiger partial charge is 0.344 e. The van der Waals surface area contributed by atoms with Crippen molar-refractivity contribution in [3.05, 3.63) is 28.8 Å². The fourth-order valence-electron chi connectivity index (χ4n) is 4.53. The Morgan fingerprint density at radius 1 is 1.20 bits per heavy atom. The lowest BCUT2D eigenvalue weighted by molar-refractivity contribution is -0.140. The Kier molecular flexibility index (Phi) is 6.65. The van der Waals surface area contributed by atoms with Crippen LogP contribution in [0.4, 0.5) is 4.79 Å². The maximum Gasteiger partial charge on any atom is 0.344 e. The fraction of sp³-hybridized carbons (Fsp3) is 0.591. The van der Waals surface area contributed by atoms with E-state index in [-0.39, 0.29) is 18.2 Å². The molecule has 1 aromatic rings. The topological polar surface area (TPSA) is 91.0 Å². The van der Waals surface area contributed by atoms with Gasteiger partial charge >= 0.3 is 6.03 Å². The van der Waals surface area contributed by atoms with Crippen LogP contribution in [0.15, 0.2) is 12.1 Å². The SMILES string of the molecule is COc1c(C)cc(CN(C)CCC(=O)NN2C(=O)NC3(CCCCC3)C2=O)cc1C.